The summed E-state index contributed by atoms with van der Waals surface area (Å²) in [5.74, 6) is 1.54. The number of hydrogen-bond acceptors (Lipinski definition) is 3. The molecule has 0 saturated heterocycles. The van der Waals surface area contributed by atoms with E-state index in [9.17, 15) is 0 Å². The Hall–Kier alpha value is -1.74. The third-order valence-corrected chi connectivity index (χ3v) is 3.14. The Balaban J connectivity index is 2.29. The van der Waals surface area contributed by atoms with Gasteiger partial charge in [0.05, 0.1) is 5.69 Å². The molecule has 2 rings (SSSR count). The molecule has 100 valence electrons. The van der Waals surface area contributed by atoms with Crippen molar-refractivity contribution in [2.24, 2.45) is 0 Å². The van der Waals surface area contributed by atoms with E-state index >= 15 is 0 Å². The molecule has 0 bridgehead atoms. The minimum absolute atomic E-state index is 0.337. The summed E-state index contributed by atoms with van der Waals surface area (Å²) in [6.07, 6.45) is 0. The quantitative estimate of drug-likeness (QED) is 0.837. The molecule has 0 saturated carbocycles. The first-order valence-corrected chi connectivity index (χ1v) is 6.55. The number of rotatable bonds is 3. The first-order chi connectivity index (χ1) is 8.97. The number of nitrogens with zero attached hydrogens (tertiary/aromatic N) is 1. The number of anilines is 1. The maximum Gasteiger partial charge on any atom is 0.244 e. The molecule has 0 aliphatic rings. The van der Waals surface area contributed by atoms with Gasteiger partial charge in [-0.1, -0.05) is 31.5 Å². The Morgan fingerprint density at radius 3 is 2.58 bits per heavy atom. The smallest absolute Gasteiger partial charge is 0.244 e. The molecule has 0 atom stereocenters. The van der Waals surface area contributed by atoms with E-state index in [1.165, 1.54) is 11.1 Å². The lowest BCUT2D eigenvalue weighted by molar-refractivity contribution is 0.465. The van der Waals surface area contributed by atoms with E-state index in [-0.39, 0.29) is 0 Å². The van der Waals surface area contributed by atoms with Gasteiger partial charge in [-0.15, -0.1) is 0 Å². The van der Waals surface area contributed by atoms with Crippen LogP contribution in [0, 0.1) is 6.92 Å². The van der Waals surface area contributed by atoms with Gasteiger partial charge in [0.2, 0.25) is 5.88 Å². The summed E-state index contributed by atoms with van der Waals surface area (Å²) in [6, 6.07) is 9.29. The fourth-order valence-corrected chi connectivity index (χ4v) is 2.12. The molecule has 3 nitrogen and oxygen atoms in total. The van der Waals surface area contributed by atoms with Crippen LogP contribution in [0.3, 0.4) is 0 Å². The molecule has 0 fully saturated rings. The Kier molecular flexibility index (Phi) is 3.96. The molecule has 0 spiro atoms. The minimum atomic E-state index is 0.337. The molecule has 2 N–H and O–H groups in total. The van der Waals surface area contributed by atoms with Crippen LogP contribution >= 0.6 is 11.6 Å². The Morgan fingerprint density at radius 2 is 1.95 bits per heavy atom. The largest absolute Gasteiger partial charge is 0.437 e. The average molecular weight is 277 g/mol. The van der Waals surface area contributed by atoms with Crippen molar-refractivity contribution < 1.29 is 4.74 Å². The number of pyridine rings is 1. The van der Waals surface area contributed by atoms with E-state index in [1.54, 1.807) is 12.1 Å². The number of benzene rings is 1. The second kappa shape index (κ2) is 5.49. The second-order valence-electron chi connectivity index (χ2n) is 4.80. The van der Waals surface area contributed by atoms with Crippen LogP contribution in [0.15, 0.2) is 30.3 Å². The van der Waals surface area contributed by atoms with Gasteiger partial charge in [-0.25, -0.2) is 0 Å². The molecule has 1 aromatic carbocycles. The zero-order valence-electron chi connectivity index (χ0n) is 11.3. The molecule has 2 aromatic rings. The van der Waals surface area contributed by atoms with Gasteiger partial charge in [0.25, 0.3) is 0 Å². The number of aryl methyl sites for hydroxylation is 1. The van der Waals surface area contributed by atoms with Crippen molar-refractivity contribution in [3.8, 4) is 11.6 Å². The van der Waals surface area contributed by atoms with Gasteiger partial charge in [-0.2, -0.15) is 4.98 Å². The lowest BCUT2D eigenvalue weighted by Crippen LogP contribution is -1.97. The molecule has 0 aliphatic heterocycles. The summed E-state index contributed by atoms with van der Waals surface area (Å²) in [5.41, 5.74) is 8.77. The monoisotopic (exact) mass is 276 g/mol. The van der Waals surface area contributed by atoms with E-state index in [1.807, 2.05) is 12.1 Å². The topological polar surface area (TPSA) is 48.1 Å². The van der Waals surface area contributed by atoms with Gasteiger partial charge in [0, 0.05) is 0 Å². The molecule has 0 unspecified atom stereocenters. The van der Waals surface area contributed by atoms with Crippen molar-refractivity contribution >= 4 is 17.3 Å². The highest BCUT2D eigenvalue weighted by molar-refractivity contribution is 6.29. The van der Waals surface area contributed by atoms with Gasteiger partial charge in [0.1, 0.15) is 10.9 Å². The van der Waals surface area contributed by atoms with Crippen LogP contribution < -0.4 is 10.5 Å². The fourth-order valence-electron chi connectivity index (χ4n) is 1.98. The summed E-state index contributed by atoms with van der Waals surface area (Å²) in [6.45, 7) is 6.40. The molecule has 1 heterocycles. The van der Waals surface area contributed by atoms with Crippen molar-refractivity contribution in [2.75, 3.05) is 5.73 Å². The summed E-state index contributed by atoms with van der Waals surface area (Å²) in [4.78, 5) is 4.07. The fraction of sp³-hybridized carbons (Fsp3) is 0.267. The van der Waals surface area contributed by atoms with Crippen LogP contribution in [-0.4, -0.2) is 4.98 Å². The van der Waals surface area contributed by atoms with E-state index in [0.29, 0.717) is 28.4 Å². The van der Waals surface area contributed by atoms with Crippen molar-refractivity contribution in [1.29, 1.82) is 0 Å². The van der Waals surface area contributed by atoms with Crippen LogP contribution in [0.4, 0.5) is 5.69 Å². The molecule has 0 radical (unpaired) electrons. The van der Waals surface area contributed by atoms with Crippen LogP contribution in [-0.2, 0) is 0 Å². The van der Waals surface area contributed by atoms with Gasteiger partial charge < -0.3 is 10.5 Å². The first-order valence-electron chi connectivity index (χ1n) is 6.18. The van der Waals surface area contributed by atoms with Crippen LogP contribution in [0.25, 0.3) is 0 Å². The van der Waals surface area contributed by atoms with Gasteiger partial charge >= 0.3 is 0 Å². The molecular formula is C15H17ClN2O. The van der Waals surface area contributed by atoms with Crippen molar-refractivity contribution in [3.63, 3.8) is 0 Å². The van der Waals surface area contributed by atoms with Gasteiger partial charge in [-0.05, 0) is 48.2 Å². The highest BCUT2D eigenvalue weighted by Crippen LogP contribution is 2.29. The Morgan fingerprint density at radius 1 is 1.21 bits per heavy atom. The number of ether oxygens (including phenoxy) is 1. The number of nitrogen functional groups attached to an aromatic ring is 1. The van der Waals surface area contributed by atoms with Crippen molar-refractivity contribution in [2.45, 2.75) is 26.7 Å². The second-order valence-corrected chi connectivity index (χ2v) is 5.19. The first kappa shape index (κ1) is 13.7. The summed E-state index contributed by atoms with van der Waals surface area (Å²) in [5, 5.41) is 0.361. The van der Waals surface area contributed by atoms with E-state index < -0.39 is 0 Å². The molecular weight excluding hydrogens is 260 g/mol. The maximum absolute atomic E-state index is 5.83. The Labute approximate surface area is 118 Å². The lowest BCUT2D eigenvalue weighted by atomic mass is 9.98. The standard InChI is InChI=1S/C15H17ClN2O/c1-9(2)12-5-4-11(8-10(12)3)19-15-13(17)6-7-14(16)18-15/h4-9H,17H2,1-3H3. The predicted octanol–water partition coefficient (Wildman–Crippen LogP) is 4.54. The average Bonchev–Trinajstić information content (AvgIpc) is 2.33. The molecule has 4 heteroatoms. The van der Waals surface area contributed by atoms with E-state index in [0.717, 1.165) is 0 Å². The Bertz CT molecular complexity index is 597. The molecule has 0 amide bonds. The van der Waals surface area contributed by atoms with Gasteiger partial charge in [0.15, 0.2) is 0 Å². The summed E-state index contributed by atoms with van der Waals surface area (Å²) >= 11 is 5.83. The van der Waals surface area contributed by atoms with Crippen LogP contribution in [0.1, 0.15) is 30.9 Å². The third kappa shape index (κ3) is 3.18. The highest BCUT2D eigenvalue weighted by Gasteiger charge is 2.08. The van der Waals surface area contributed by atoms with Crippen LogP contribution in [0.5, 0.6) is 11.6 Å². The summed E-state index contributed by atoms with van der Waals surface area (Å²) in [7, 11) is 0. The summed E-state index contributed by atoms with van der Waals surface area (Å²) < 4.78 is 5.68. The third-order valence-electron chi connectivity index (χ3n) is 2.93. The van der Waals surface area contributed by atoms with Gasteiger partial charge in [-0.3, -0.25) is 0 Å². The number of aromatic nitrogens is 1. The van der Waals surface area contributed by atoms with E-state index in [2.05, 4.69) is 31.8 Å². The van der Waals surface area contributed by atoms with E-state index in [4.69, 9.17) is 22.1 Å². The molecule has 19 heavy (non-hydrogen) atoms. The predicted molar refractivity (Wildman–Crippen MR) is 79.0 cm³/mol. The maximum atomic E-state index is 5.83. The molecule has 1 aromatic heterocycles. The number of halogens is 1. The molecule has 0 aliphatic carbocycles. The number of nitrogens with two attached hydrogens (primary N) is 1. The van der Waals surface area contributed by atoms with Crippen molar-refractivity contribution in [1.82, 2.24) is 4.98 Å². The minimum Gasteiger partial charge on any atom is -0.437 e. The lowest BCUT2D eigenvalue weighted by Gasteiger charge is -2.12. The van der Waals surface area contributed by atoms with Crippen LogP contribution in [0.2, 0.25) is 5.15 Å². The highest BCUT2D eigenvalue weighted by atomic mass is 35.5. The SMILES string of the molecule is Cc1cc(Oc2nc(Cl)ccc2N)ccc1C(C)C. The normalized spacial score (nSPS) is 10.8. The zero-order chi connectivity index (χ0) is 14.0. The number of hydrogen-bond donors (Lipinski definition) is 1. The zero-order valence-corrected chi connectivity index (χ0v) is 12.0. The van der Waals surface area contributed by atoms with Crippen molar-refractivity contribution in [3.05, 3.63) is 46.6 Å².